The molecule has 4 rings (SSSR count). The van der Waals surface area contributed by atoms with Gasteiger partial charge in [0, 0.05) is 18.8 Å². The predicted molar refractivity (Wildman–Crippen MR) is 152 cm³/mol. The fraction of sp³-hybridized carbons (Fsp3) is 0.367. The summed E-state index contributed by atoms with van der Waals surface area (Å²) < 4.78 is 33.7. The van der Waals surface area contributed by atoms with Crippen molar-refractivity contribution < 1.29 is 17.9 Å². The van der Waals surface area contributed by atoms with Gasteiger partial charge < -0.3 is 15.0 Å². The van der Waals surface area contributed by atoms with E-state index in [2.05, 4.69) is 29.3 Å². The van der Waals surface area contributed by atoms with Gasteiger partial charge in [-0.2, -0.15) is 0 Å². The number of nitrogens with zero attached hydrogens (tertiary/aromatic N) is 2. The van der Waals surface area contributed by atoms with Crippen LogP contribution in [-0.2, 0) is 14.8 Å². The van der Waals surface area contributed by atoms with Crippen molar-refractivity contribution in [2.24, 2.45) is 5.92 Å². The number of amides is 1. The van der Waals surface area contributed by atoms with Gasteiger partial charge in [0.1, 0.15) is 12.3 Å². The predicted octanol–water partition coefficient (Wildman–Crippen LogP) is 5.39. The molecule has 1 saturated heterocycles. The molecule has 3 aromatic rings. The highest BCUT2D eigenvalue weighted by atomic mass is 32.2. The molecule has 3 aromatic carbocycles. The second kappa shape index (κ2) is 12.3. The number of anilines is 2. The van der Waals surface area contributed by atoms with Gasteiger partial charge in [-0.05, 0) is 86.7 Å². The van der Waals surface area contributed by atoms with Crippen molar-refractivity contribution in [2.45, 2.75) is 44.6 Å². The van der Waals surface area contributed by atoms with Crippen LogP contribution in [0.2, 0.25) is 0 Å². The van der Waals surface area contributed by atoms with Crippen LogP contribution in [0.3, 0.4) is 0 Å². The van der Waals surface area contributed by atoms with Gasteiger partial charge in [-0.25, -0.2) is 8.42 Å². The van der Waals surface area contributed by atoms with Crippen LogP contribution in [0.1, 0.15) is 45.2 Å². The van der Waals surface area contributed by atoms with Gasteiger partial charge in [0.15, 0.2) is 0 Å². The van der Waals surface area contributed by atoms with E-state index in [-0.39, 0.29) is 23.4 Å². The molecule has 1 N–H and O–H groups in total. The van der Waals surface area contributed by atoms with Crippen molar-refractivity contribution in [3.8, 4) is 5.75 Å². The molecule has 1 atom stereocenters. The second-order valence-electron chi connectivity index (χ2n) is 9.80. The van der Waals surface area contributed by atoms with Gasteiger partial charge >= 0.3 is 0 Å². The summed E-state index contributed by atoms with van der Waals surface area (Å²) in [6, 6.07) is 22.8. The molecule has 0 spiro atoms. The summed E-state index contributed by atoms with van der Waals surface area (Å²) in [7, 11) is -3.97. The molecule has 1 unspecified atom stereocenters. The quantitative estimate of drug-likeness (QED) is 0.376. The maximum Gasteiger partial charge on any atom is 0.264 e. The first-order valence-corrected chi connectivity index (χ1v) is 14.7. The smallest absolute Gasteiger partial charge is 0.264 e. The van der Waals surface area contributed by atoms with Crippen molar-refractivity contribution in [2.75, 3.05) is 35.4 Å². The average molecular weight is 536 g/mol. The van der Waals surface area contributed by atoms with Crippen molar-refractivity contribution >= 4 is 27.3 Å². The highest BCUT2D eigenvalue weighted by Gasteiger charge is 2.28. The number of carbonyl (C=O) groups is 1. The number of rotatable bonds is 10. The Hall–Kier alpha value is -3.52. The zero-order chi connectivity index (χ0) is 27.1. The van der Waals surface area contributed by atoms with Crippen LogP contribution in [0.25, 0.3) is 0 Å². The molecule has 1 amide bonds. The fourth-order valence-corrected chi connectivity index (χ4v) is 6.09. The summed E-state index contributed by atoms with van der Waals surface area (Å²) in [5, 5.41) is 2.97. The van der Waals surface area contributed by atoms with Gasteiger partial charge in [-0.3, -0.25) is 9.10 Å². The standard InChI is InChI=1S/C30H37N3O4S/c1-4-37-28-16-14-27(15-17-28)33(38(35,36)29-8-6-5-7-9-29)22-30(34)31-24(3)25-10-12-26(13-11-25)32-20-18-23(2)19-21-32/h5-17,23-24H,4,18-22H2,1-3H3,(H,31,34). The minimum Gasteiger partial charge on any atom is -0.494 e. The summed E-state index contributed by atoms with van der Waals surface area (Å²) in [4.78, 5) is 15.7. The van der Waals surface area contributed by atoms with E-state index >= 15 is 0 Å². The van der Waals surface area contributed by atoms with E-state index < -0.39 is 10.0 Å². The topological polar surface area (TPSA) is 79.0 Å². The second-order valence-corrected chi connectivity index (χ2v) is 11.7. The maximum atomic E-state index is 13.6. The number of hydrogen-bond acceptors (Lipinski definition) is 5. The van der Waals surface area contributed by atoms with Crippen LogP contribution < -0.4 is 19.3 Å². The Morgan fingerprint density at radius 3 is 2.24 bits per heavy atom. The highest BCUT2D eigenvalue weighted by molar-refractivity contribution is 7.92. The third-order valence-electron chi connectivity index (χ3n) is 6.97. The third-order valence-corrected chi connectivity index (χ3v) is 8.76. The van der Waals surface area contributed by atoms with Crippen LogP contribution in [-0.4, -0.2) is 40.6 Å². The maximum absolute atomic E-state index is 13.6. The summed E-state index contributed by atoms with van der Waals surface area (Å²) in [5.41, 5.74) is 2.54. The third kappa shape index (κ3) is 6.67. The molecule has 0 bridgehead atoms. The van der Waals surface area contributed by atoms with Crippen LogP contribution in [0.15, 0.2) is 83.8 Å². The van der Waals surface area contributed by atoms with E-state index in [4.69, 9.17) is 4.74 Å². The van der Waals surface area contributed by atoms with Crippen molar-refractivity contribution in [3.63, 3.8) is 0 Å². The Balaban J connectivity index is 1.48. The Morgan fingerprint density at radius 2 is 1.63 bits per heavy atom. The van der Waals surface area contributed by atoms with E-state index in [0.29, 0.717) is 18.0 Å². The Kier molecular flexibility index (Phi) is 8.94. The Labute approximate surface area is 226 Å². The number of carbonyl (C=O) groups excluding carboxylic acids is 1. The lowest BCUT2D eigenvalue weighted by atomic mass is 9.98. The molecule has 38 heavy (non-hydrogen) atoms. The molecule has 1 aliphatic heterocycles. The lowest BCUT2D eigenvalue weighted by Crippen LogP contribution is -2.41. The first-order valence-electron chi connectivity index (χ1n) is 13.2. The van der Waals surface area contributed by atoms with Crippen LogP contribution >= 0.6 is 0 Å². The summed E-state index contributed by atoms with van der Waals surface area (Å²) in [5.74, 6) is 1.02. The molecule has 0 saturated carbocycles. The van der Waals surface area contributed by atoms with E-state index in [1.54, 1.807) is 42.5 Å². The average Bonchev–Trinajstić information content (AvgIpc) is 2.93. The molecular weight excluding hydrogens is 498 g/mol. The molecule has 7 nitrogen and oxygen atoms in total. The lowest BCUT2D eigenvalue weighted by molar-refractivity contribution is -0.120. The number of sulfonamides is 1. The van der Waals surface area contributed by atoms with Gasteiger partial charge in [0.05, 0.1) is 23.2 Å². The Bertz CT molecular complexity index is 1290. The monoisotopic (exact) mass is 535 g/mol. The number of benzene rings is 3. The van der Waals surface area contributed by atoms with Gasteiger partial charge in [-0.15, -0.1) is 0 Å². The zero-order valence-corrected chi connectivity index (χ0v) is 23.2. The van der Waals surface area contributed by atoms with Gasteiger partial charge in [0.25, 0.3) is 10.0 Å². The minimum absolute atomic E-state index is 0.123. The summed E-state index contributed by atoms with van der Waals surface area (Å²) in [6.07, 6.45) is 2.40. The Morgan fingerprint density at radius 1 is 1.00 bits per heavy atom. The minimum atomic E-state index is -3.97. The highest BCUT2D eigenvalue weighted by Crippen LogP contribution is 2.27. The summed E-state index contributed by atoms with van der Waals surface area (Å²) in [6.45, 7) is 8.36. The van der Waals surface area contributed by atoms with Crippen LogP contribution in [0, 0.1) is 5.92 Å². The fourth-order valence-electron chi connectivity index (χ4n) is 4.65. The normalized spacial score (nSPS) is 15.1. The van der Waals surface area contributed by atoms with E-state index in [0.717, 1.165) is 28.9 Å². The van der Waals surface area contributed by atoms with Gasteiger partial charge in [0.2, 0.25) is 5.91 Å². The zero-order valence-electron chi connectivity index (χ0n) is 22.3. The summed E-state index contributed by atoms with van der Waals surface area (Å²) >= 11 is 0. The first kappa shape index (κ1) is 27.5. The van der Waals surface area contributed by atoms with E-state index in [1.807, 2.05) is 26.0 Å². The number of hydrogen-bond donors (Lipinski definition) is 1. The number of nitrogens with one attached hydrogen (secondary N) is 1. The SMILES string of the molecule is CCOc1ccc(N(CC(=O)NC(C)c2ccc(N3CCC(C)CC3)cc2)S(=O)(=O)c2ccccc2)cc1. The molecule has 0 aromatic heterocycles. The molecule has 0 radical (unpaired) electrons. The van der Waals surface area contributed by atoms with Crippen molar-refractivity contribution in [1.82, 2.24) is 5.32 Å². The molecule has 8 heteroatoms. The van der Waals surface area contributed by atoms with Crippen molar-refractivity contribution in [3.05, 3.63) is 84.4 Å². The molecule has 1 heterocycles. The molecule has 0 aliphatic carbocycles. The van der Waals surface area contributed by atoms with Gasteiger partial charge in [-0.1, -0.05) is 37.3 Å². The number of ether oxygens (including phenoxy) is 1. The van der Waals surface area contributed by atoms with E-state index in [1.165, 1.54) is 30.7 Å². The lowest BCUT2D eigenvalue weighted by Gasteiger charge is -2.32. The first-order chi connectivity index (χ1) is 18.3. The van der Waals surface area contributed by atoms with E-state index in [9.17, 15) is 13.2 Å². The largest absolute Gasteiger partial charge is 0.494 e. The number of piperidine rings is 1. The molecule has 1 fully saturated rings. The molecular formula is C30H37N3O4S. The van der Waals surface area contributed by atoms with Crippen LogP contribution in [0.4, 0.5) is 11.4 Å². The molecule has 1 aliphatic rings. The van der Waals surface area contributed by atoms with Crippen LogP contribution in [0.5, 0.6) is 5.75 Å². The van der Waals surface area contributed by atoms with Crippen molar-refractivity contribution in [1.29, 1.82) is 0 Å². The molecule has 202 valence electrons.